The van der Waals surface area contributed by atoms with Crippen LogP contribution in [0.25, 0.3) is 0 Å². The zero-order chi connectivity index (χ0) is 16.9. The summed E-state index contributed by atoms with van der Waals surface area (Å²) in [5, 5.41) is 0. The van der Waals surface area contributed by atoms with Crippen LogP contribution in [0.5, 0.6) is 0 Å². The molecule has 3 nitrogen and oxygen atoms in total. The molecule has 0 bridgehead atoms. The van der Waals surface area contributed by atoms with Crippen molar-refractivity contribution in [2.45, 2.75) is 18.8 Å². The van der Waals surface area contributed by atoms with Crippen LogP contribution in [0.4, 0.5) is 4.39 Å². The monoisotopic (exact) mass is 326 g/mol. The van der Waals surface area contributed by atoms with E-state index < -0.39 is 0 Å². The van der Waals surface area contributed by atoms with Gasteiger partial charge in [-0.1, -0.05) is 42.5 Å². The molecular formula is C20H23FN2O. The molecule has 24 heavy (non-hydrogen) atoms. The quantitative estimate of drug-likeness (QED) is 0.850. The molecule has 3 rings (SSSR count). The minimum Gasteiger partial charge on any atom is -0.341 e. The third-order valence-corrected chi connectivity index (χ3v) is 4.63. The zero-order valence-electron chi connectivity index (χ0n) is 13.7. The van der Waals surface area contributed by atoms with Crippen LogP contribution in [0.15, 0.2) is 54.6 Å². The molecule has 1 aliphatic rings. The number of hydrogen-bond acceptors (Lipinski definition) is 2. The van der Waals surface area contributed by atoms with Crippen molar-refractivity contribution in [1.82, 2.24) is 4.90 Å². The first-order valence-electron chi connectivity index (χ1n) is 8.47. The van der Waals surface area contributed by atoms with Crippen molar-refractivity contribution < 1.29 is 9.18 Å². The highest BCUT2D eigenvalue weighted by atomic mass is 19.1. The molecule has 4 heteroatoms. The topological polar surface area (TPSA) is 46.3 Å². The summed E-state index contributed by atoms with van der Waals surface area (Å²) in [5.41, 5.74) is 7.95. The van der Waals surface area contributed by atoms with Crippen molar-refractivity contribution in [2.24, 2.45) is 11.7 Å². The summed E-state index contributed by atoms with van der Waals surface area (Å²) >= 11 is 0. The molecule has 0 saturated heterocycles. The molecule has 0 radical (unpaired) electrons. The standard InChI is InChI=1S/C20H23FN2O/c21-17-8-6-16(7-9-17)18-14-19(18)20(24)23(13-11-22)12-10-15-4-2-1-3-5-15/h1-9,18-19H,10-14,22H2. The van der Waals surface area contributed by atoms with Crippen molar-refractivity contribution in [3.8, 4) is 0 Å². The van der Waals surface area contributed by atoms with Crippen molar-refractivity contribution in [3.05, 3.63) is 71.5 Å². The van der Waals surface area contributed by atoms with Gasteiger partial charge in [0.1, 0.15) is 5.82 Å². The fourth-order valence-electron chi connectivity index (χ4n) is 3.18. The summed E-state index contributed by atoms with van der Waals surface area (Å²) in [6.07, 6.45) is 1.68. The largest absolute Gasteiger partial charge is 0.341 e. The van der Waals surface area contributed by atoms with Gasteiger partial charge in [-0.15, -0.1) is 0 Å². The lowest BCUT2D eigenvalue weighted by Gasteiger charge is -2.22. The number of rotatable bonds is 7. The number of nitrogens with two attached hydrogens (primary N) is 1. The molecule has 1 saturated carbocycles. The first-order chi connectivity index (χ1) is 11.7. The van der Waals surface area contributed by atoms with E-state index in [1.807, 2.05) is 23.1 Å². The normalized spacial score (nSPS) is 19.1. The second-order valence-corrected chi connectivity index (χ2v) is 6.35. The molecule has 1 fully saturated rings. The van der Waals surface area contributed by atoms with Gasteiger partial charge in [0.2, 0.25) is 5.91 Å². The van der Waals surface area contributed by atoms with Gasteiger partial charge in [-0.25, -0.2) is 4.39 Å². The average molecular weight is 326 g/mol. The third kappa shape index (κ3) is 4.01. The van der Waals surface area contributed by atoms with E-state index in [4.69, 9.17) is 5.73 Å². The van der Waals surface area contributed by atoms with Crippen molar-refractivity contribution in [1.29, 1.82) is 0 Å². The van der Waals surface area contributed by atoms with Gasteiger partial charge in [-0.05, 0) is 42.0 Å². The van der Waals surface area contributed by atoms with E-state index in [0.29, 0.717) is 19.6 Å². The molecule has 2 aromatic rings. The maximum Gasteiger partial charge on any atom is 0.226 e. The maximum absolute atomic E-state index is 13.0. The Labute approximate surface area is 142 Å². The highest BCUT2D eigenvalue weighted by Crippen LogP contribution is 2.48. The van der Waals surface area contributed by atoms with Crippen molar-refractivity contribution in [2.75, 3.05) is 19.6 Å². The van der Waals surface area contributed by atoms with E-state index in [9.17, 15) is 9.18 Å². The number of nitrogens with zero attached hydrogens (tertiary/aromatic N) is 1. The van der Waals surface area contributed by atoms with Gasteiger partial charge in [0.25, 0.3) is 0 Å². The number of carbonyl (C=O) groups excluding carboxylic acids is 1. The Hall–Kier alpha value is -2.20. The summed E-state index contributed by atoms with van der Waals surface area (Å²) < 4.78 is 13.0. The number of carbonyl (C=O) groups is 1. The van der Waals surface area contributed by atoms with Crippen LogP contribution in [0, 0.1) is 11.7 Å². The lowest BCUT2D eigenvalue weighted by Crippen LogP contribution is -2.38. The zero-order valence-corrected chi connectivity index (χ0v) is 13.7. The average Bonchev–Trinajstić information content (AvgIpc) is 3.40. The third-order valence-electron chi connectivity index (χ3n) is 4.63. The molecular weight excluding hydrogens is 303 g/mol. The van der Waals surface area contributed by atoms with E-state index in [1.165, 1.54) is 17.7 Å². The minimum atomic E-state index is -0.241. The van der Waals surface area contributed by atoms with E-state index >= 15 is 0 Å². The fraction of sp³-hybridized carbons (Fsp3) is 0.350. The molecule has 2 unspecified atom stereocenters. The van der Waals surface area contributed by atoms with Crippen molar-refractivity contribution >= 4 is 5.91 Å². The lowest BCUT2D eigenvalue weighted by atomic mass is 10.1. The highest BCUT2D eigenvalue weighted by Gasteiger charge is 2.45. The van der Waals surface area contributed by atoms with Crippen LogP contribution in [-0.2, 0) is 11.2 Å². The van der Waals surface area contributed by atoms with Crippen LogP contribution >= 0.6 is 0 Å². The van der Waals surface area contributed by atoms with Gasteiger partial charge in [0, 0.05) is 25.6 Å². The first-order valence-corrected chi connectivity index (χ1v) is 8.47. The van der Waals surface area contributed by atoms with Gasteiger partial charge < -0.3 is 10.6 Å². The fourth-order valence-corrected chi connectivity index (χ4v) is 3.18. The molecule has 126 valence electrons. The van der Waals surface area contributed by atoms with Gasteiger partial charge in [0.15, 0.2) is 0 Å². The first kappa shape index (κ1) is 16.7. The Morgan fingerprint density at radius 2 is 1.79 bits per heavy atom. The van der Waals surface area contributed by atoms with E-state index in [1.54, 1.807) is 12.1 Å². The van der Waals surface area contributed by atoms with E-state index in [2.05, 4.69) is 12.1 Å². The second-order valence-electron chi connectivity index (χ2n) is 6.35. The van der Waals surface area contributed by atoms with Crippen LogP contribution in [0.2, 0.25) is 0 Å². The summed E-state index contributed by atoms with van der Waals surface area (Å²) in [6.45, 7) is 1.74. The molecule has 2 aromatic carbocycles. The van der Waals surface area contributed by atoms with E-state index in [0.717, 1.165) is 18.4 Å². The van der Waals surface area contributed by atoms with Crippen molar-refractivity contribution in [3.63, 3.8) is 0 Å². The molecule has 0 aromatic heterocycles. The van der Waals surface area contributed by atoms with E-state index in [-0.39, 0.29) is 23.6 Å². The second kappa shape index (κ2) is 7.58. The molecule has 2 N–H and O–H groups in total. The molecule has 1 aliphatic carbocycles. The maximum atomic E-state index is 13.0. The van der Waals surface area contributed by atoms with Crippen LogP contribution in [0.1, 0.15) is 23.5 Å². The highest BCUT2D eigenvalue weighted by molar-refractivity contribution is 5.83. The number of halogens is 1. The Morgan fingerprint density at radius 1 is 1.08 bits per heavy atom. The summed E-state index contributed by atoms with van der Waals surface area (Å²) in [6, 6.07) is 16.6. The van der Waals surface area contributed by atoms with Crippen LogP contribution in [-0.4, -0.2) is 30.4 Å². The molecule has 2 atom stereocenters. The summed E-state index contributed by atoms with van der Waals surface area (Å²) in [4.78, 5) is 14.6. The number of hydrogen-bond donors (Lipinski definition) is 1. The van der Waals surface area contributed by atoms with Gasteiger partial charge in [-0.3, -0.25) is 4.79 Å². The van der Waals surface area contributed by atoms with Gasteiger partial charge >= 0.3 is 0 Å². The SMILES string of the molecule is NCCN(CCc1ccccc1)C(=O)C1CC1c1ccc(F)cc1. The lowest BCUT2D eigenvalue weighted by molar-refractivity contribution is -0.132. The molecule has 0 spiro atoms. The van der Waals surface area contributed by atoms with Crippen LogP contribution in [0.3, 0.4) is 0 Å². The Balaban J connectivity index is 1.59. The molecule has 0 heterocycles. The molecule has 0 aliphatic heterocycles. The van der Waals surface area contributed by atoms with Gasteiger partial charge in [-0.2, -0.15) is 0 Å². The molecule has 1 amide bonds. The smallest absolute Gasteiger partial charge is 0.226 e. The predicted molar refractivity (Wildman–Crippen MR) is 93.0 cm³/mol. The summed E-state index contributed by atoms with van der Waals surface area (Å²) in [7, 11) is 0. The Kier molecular flexibility index (Phi) is 5.26. The predicted octanol–water partition coefficient (Wildman–Crippen LogP) is 2.96. The number of benzene rings is 2. The number of amides is 1. The minimum absolute atomic E-state index is 0.0118. The Morgan fingerprint density at radius 3 is 2.46 bits per heavy atom. The van der Waals surface area contributed by atoms with Gasteiger partial charge in [0.05, 0.1) is 0 Å². The Bertz CT molecular complexity index is 672. The van der Waals surface area contributed by atoms with Crippen LogP contribution < -0.4 is 5.73 Å². The summed E-state index contributed by atoms with van der Waals surface area (Å²) in [5.74, 6) is 0.161.